The number of methoxy groups -OCH3 is 3. The Kier molecular flexibility index (Phi) is 7.06. The minimum atomic E-state index is 0.0255. The quantitative estimate of drug-likeness (QED) is 0.646. The van der Waals surface area contributed by atoms with Gasteiger partial charge in [0.2, 0.25) is 0 Å². The van der Waals surface area contributed by atoms with Crippen LogP contribution in [0.4, 0.5) is 0 Å². The largest absolute Gasteiger partial charge is 0.497 e. The first kappa shape index (κ1) is 20.4. The molecule has 0 amide bonds. The third-order valence-corrected chi connectivity index (χ3v) is 5.28. The van der Waals surface area contributed by atoms with E-state index in [2.05, 4.69) is 17.0 Å². The number of Topliss-reactive ketones (excluding diaryl/α,β-unsaturated/α-hetero) is 1. The minimum absolute atomic E-state index is 0.0255. The van der Waals surface area contributed by atoms with Crippen LogP contribution in [0.1, 0.15) is 34.3 Å². The summed E-state index contributed by atoms with van der Waals surface area (Å²) < 4.78 is 16.0. The Hall–Kier alpha value is -2.37. The number of hydrogen-bond donors (Lipinski definition) is 0. The van der Waals surface area contributed by atoms with Crippen molar-refractivity contribution in [3.05, 3.63) is 59.2 Å². The minimum Gasteiger partial charge on any atom is -0.497 e. The van der Waals surface area contributed by atoms with Gasteiger partial charge in [-0.1, -0.05) is 18.2 Å². The molecule has 0 aromatic heterocycles. The highest BCUT2D eigenvalue weighted by molar-refractivity contribution is 5.98. The normalized spacial score (nSPS) is 17.3. The molecule has 0 saturated carbocycles. The summed E-state index contributed by atoms with van der Waals surface area (Å²) in [7, 11) is 4.98. The fourth-order valence-electron chi connectivity index (χ4n) is 3.88. The van der Waals surface area contributed by atoms with Crippen LogP contribution in [0, 0.1) is 5.92 Å². The third-order valence-electron chi connectivity index (χ3n) is 5.28. The number of ketones is 1. The van der Waals surface area contributed by atoms with E-state index in [0.29, 0.717) is 6.61 Å². The molecule has 28 heavy (non-hydrogen) atoms. The Morgan fingerprint density at radius 2 is 1.96 bits per heavy atom. The van der Waals surface area contributed by atoms with Crippen molar-refractivity contribution in [2.45, 2.75) is 26.0 Å². The van der Waals surface area contributed by atoms with Crippen molar-refractivity contribution in [3.8, 4) is 11.5 Å². The summed E-state index contributed by atoms with van der Waals surface area (Å²) in [5.74, 6) is 1.80. The lowest BCUT2D eigenvalue weighted by Gasteiger charge is -2.32. The molecule has 0 N–H and O–H groups in total. The average molecular weight is 383 g/mol. The molecule has 5 heteroatoms. The lowest BCUT2D eigenvalue weighted by molar-refractivity contribution is 0.0811. The van der Waals surface area contributed by atoms with Crippen LogP contribution in [0.3, 0.4) is 0 Å². The van der Waals surface area contributed by atoms with Gasteiger partial charge in [-0.05, 0) is 49.2 Å². The molecule has 1 fully saturated rings. The molecule has 150 valence electrons. The van der Waals surface area contributed by atoms with Crippen molar-refractivity contribution in [2.75, 3.05) is 34.4 Å². The molecule has 3 rings (SSSR count). The van der Waals surface area contributed by atoms with Gasteiger partial charge < -0.3 is 14.2 Å². The zero-order valence-corrected chi connectivity index (χ0v) is 16.9. The van der Waals surface area contributed by atoms with Crippen LogP contribution in [0.25, 0.3) is 0 Å². The first-order chi connectivity index (χ1) is 13.6. The number of rotatable bonds is 8. The molecule has 1 saturated heterocycles. The molecule has 1 aliphatic heterocycles. The molecule has 2 aromatic rings. The first-order valence-corrected chi connectivity index (χ1v) is 9.70. The Balaban J connectivity index is 1.68. The second-order valence-electron chi connectivity index (χ2n) is 7.25. The van der Waals surface area contributed by atoms with Gasteiger partial charge in [-0.15, -0.1) is 0 Å². The van der Waals surface area contributed by atoms with Gasteiger partial charge in [0.15, 0.2) is 5.78 Å². The number of carbonyl (C=O) groups is 1. The summed E-state index contributed by atoms with van der Waals surface area (Å²) in [6.07, 6.45) is 1.96. The van der Waals surface area contributed by atoms with E-state index in [9.17, 15) is 4.79 Å². The van der Waals surface area contributed by atoms with Gasteiger partial charge in [-0.2, -0.15) is 0 Å². The van der Waals surface area contributed by atoms with Crippen LogP contribution in [0.15, 0.2) is 42.5 Å². The summed E-state index contributed by atoms with van der Waals surface area (Å²) >= 11 is 0. The lowest BCUT2D eigenvalue weighted by Crippen LogP contribution is -2.38. The molecule has 2 aromatic carbocycles. The number of ether oxygens (including phenoxy) is 3. The van der Waals surface area contributed by atoms with Gasteiger partial charge in [0.05, 0.1) is 20.8 Å². The molecule has 1 heterocycles. The molecule has 0 radical (unpaired) electrons. The number of carbonyl (C=O) groups excluding carboxylic acids is 1. The Morgan fingerprint density at radius 1 is 1.11 bits per heavy atom. The highest BCUT2D eigenvalue weighted by Gasteiger charge is 2.27. The van der Waals surface area contributed by atoms with Crippen LogP contribution in [0.5, 0.6) is 11.5 Å². The van der Waals surface area contributed by atoms with Gasteiger partial charge in [-0.3, -0.25) is 9.69 Å². The molecule has 0 aliphatic carbocycles. The van der Waals surface area contributed by atoms with Gasteiger partial charge >= 0.3 is 0 Å². The fourth-order valence-corrected chi connectivity index (χ4v) is 3.88. The smallest absolute Gasteiger partial charge is 0.167 e. The summed E-state index contributed by atoms with van der Waals surface area (Å²) in [4.78, 5) is 15.3. The van der Waals surface area contributed by atoms with E-state index in [1.807, 2.05) is 30.3 Å². The maximum atomic E-state index is 13.0. The van der Waals surface area contributed by atoms with E-state index in [1.54, 1.807) is 21.3 Å². The summed E-state index contributed by atoms with van der Waals surface area (Å²) in [6, 6.07) is 13.7. The van der Waals surface area contributed by atoms with Crippen molar-refractivity contribution < 1.29 is 19.0 Å². The number of hydrogen-bond acceptors (Lipinski definition) is 5. The Morgan fingerprint density at radius 3 is 2.71 bits per heavy atom. The molecule has 1 aliphatic rings. The highest BCUT2D eigenvalue weighted by atomic mass is 16.5. The molecular weight excluding hydrogens is 354 g/mol. The summed E-state index contributed by atoms with van der Waals surface area (Å²) in [6.45, 7) is 3.13. The van der Waals surface area contributed by atoms with E-state index in [-0.39, 0.29) is 11.7 Å². The fraction of sp³-hybridized carbons (Fsp3) is 0.435. The summed E-state index contributed by atoms with van der Waals surface area (Å²) in [5, 5.41) is 0. The number of nitrogens with zero attached hydrogens (tertiary/aromatic N) is 1. The Bertz CT molecular complexity index is 805. The van der Waals surface area contributed by atoms with Gasteiger partial charge in [0, 0.05) is 37.2 Å². The van der Waals surface area contributed by atoms with Crippen LogP contribution in [-0.2, 0) is 17.9 Å². The number of benzene rings is 2. The molecule has 0 unspecified atom stereocenters. The van der Waals surface area contributed by atoms with Crippen LogP contribution in [-0.4, -0.2) is 45.1 Å². The zero-order valence-electron chi connectivity index (χ0n) is 16.9. The molecule has 0 spiro atoms. The molecule has 0 bridgehead atoms. The number of piperidine rings is 1. The van der Waals surface area contributed by atoms with Gasteiger partial charge in [0.1, 0.15) is 11.5 Å². The molecule has 1 atom stereocenters. The second-order valence-corrected chi connectivity index (χ2v) is 7.25. The maximum Gasteiger partial charge on any atom is 0.167 e. The van der Waals surface area contributed by atoms with E-state index in [4.69, 9.17) is 14.2 Å². The molecular formula is C23H29NO4. The Labute approximate surface area is 167 Å². The highest BCUT2D eigenvalue weighted by Crippen LogP contribution is 2.26. The van der Waals surface area contributed by atoms with Crippen LogP contribution < -0.4 is 9.47 Å². The standard InChI is InChI=1S/C23H29NO4/c1-26-16-20-12-17(9-10-22(20)28-3)14-24-11-5-7-19(15-24)23(25)18-6-4-8-21(13-18)27-2/h4,6,8-10,12-13,19H,5,7,11,14-16H2,1-3H3/t19-/m0/s1. The van der Waals surface area contributed by atoms with Crippen molar-refractivity contribution >= 4 is 5.78 Å². The predicted octanol–water partition coefficient (Wildman–Crippen LogP) is 3.95. The van der Waals surface area contributed by atoms with E-state index in [1.165, 1.54) is 5.56 Å². The van der Waals surface area contributed by atoms with Crippen molar-refractivity contribution in [1.29, 1.82) is 0 Å². The predicted molar refractivity (Wildman–Crippen MR) is 109 cm³/mol. The van der Waals surface area contributed by atoms with Gasteiger partial charge in [-0.25, -0.2) is 0 Å². The van der Waals surface area contributed by atoms with Crippen LogP contribution in [0.2, 0.25) is 0 Å². The van der Waals surface area contributed by atoms with Crippen LogP contribution >= 0.6 is 0 Å². The third kappa shape index (κ3) is 4.91. The van der Waals surface area contributed by atoms with Crippen molar-refractivity contribution in [2.24, 2.45) is 5.92 Å². The van der Waals surface area contributed by atoms with Crippen molar-refractivity contribution in [3.63, 3.8) is 0 Å². The average Bonchev–Trinajstić information content (AvgIpc) is 2.74. The summed E-state index contributed by atoms with van der Waals surface area (Å²) in [5.41, 5.74) is 2.99. The van der Waals surface area contributed by atoms with E-state index >= 15 is 0 Å². The van der Waals surface area contributed by atoms with E-state index in [0.717, 1.165) is 55.1 Å². The maximum absolute atomic E-state index is 13.0. The SMILES string of the molecule is COCc1cc(CN2CCC[C@H](C(=O)c3cccc(OC)c3)C2)ccc1OC. The topological polar surface area (TPSA) is 48.0 Å². The zero-order chi connectivity index (χ0) is 19.9. The monoisotopic (exact) mass is 383 g/mol. The lowest BCUT2D eigenvalue weighted by atomic mass is 9.89. The van der Waals surface area contributed by atoms with Gasteiger partial charge in [0.25, 0.3) is 0 Å². The van der Waals surface area contributed by atoms with Crippen molar-refractivity contribution in [1.82, 2.24) is 4.90 Å². The number of likely N-dealkylation sites (tertiary alicyclic amines) is 1. The first-order valence-electron chi connectivity index (χ1n) is 9.70. The second kappa shape index (κ2) is 9.71. The molecule has 5 nitrogen and oxygen atoms in total. The van der Waals surface area contributed by atoms with E-state index < -0.39 is 0 Å².